The average Bonchev–Trinajstić information content (AvgIpc) is 3.28. The molecule has 2 aromatic rings. The van der Waals surface area contributed by atoms with E-state index in [0.717, 1.165) is 24.2 Å². The lowest BCUT2D eigenvalue weighted by atomic mass is 9.93. The van der Waals surface area contributed by atoms with Crippen molar-refractivity contribution in [1.82, 2.24) is 21.2 Å². The largest absolute Gasteiger partial charge is 0.368 e. The number of fused-ring (bicyclic) bond motifs is 3. The Bertz CT molecular complexity index is 1030. The van der Waals surface area contributed by atoms with Gasteiger partial charge in [-0.25, -0.2) is 20.3 Å². The average molecular weight is 451 g/mol. The molecule has 33 heavy (non-hydrogen) atoms. The number of hydrogen-bond acceptors (Lipinski definition) is 6. The van der Waals surface area contributed by atoms with Gasteiger partial charge in [0.2, 0.25) is 5.91 Å². The second-order valence-electron chi connectivity index (χ2n) is 9.91. The van der Waals surface area contributed by atoms with Gasteiger partial charge in [-0.15, -0.1) is 0 Å². The third-order valence-corrected chi connectivity index (χ3v) is 8.02. The van der Waals surface area contributed by atoms with E-state index < -0.39 is 5.82 Å². The second-order valence-corrected chi connectivity index (χ2v) is 9.91. The normalized spacial score (nSPS) is 31.8. The topological polar surface area (TPSA) is 62.9 Å². The molecule has 4 heterocycles. The SMILES string of the molecule is Cc1cccc(F)c1N1NC2C(CC1=O)NNC2c1ccc(N2CC3CCC(C2)N3C)cc1. The minimum absolute atomic E-state index is 0.0320. The highest BCUT2D eigenvalue weighted by Crippen LogP contribution is 2.34. The van der Waals surface area contributed by atoms with E-state index in [9.17, 15) is 9.18 Å². The lowest BCUT2D eigenvalue weighted by Crippen LogP contribution is -2.60. The van der Waals surface area contributed by atoms with Gasteiger partial charge in [0.15, 0.2) is 0 Å². The van der Waals surface area contributed by atoms with E-state index in [0.29, 0.717) is 24.2 Å². The number of likely N-dealkylation sites (N-methyl/N-ethyl adjacent to an activating group) is 1. The highest BCUT2D eigenvalue weighted by Gasteiger charge is 2.44. The number of benzene rings is 2. The molecular weight excluding hydrogens is 419 g/mol. The maximum Gasteiger partial charge on any atom is 0.243 e. The fraction of sp³-hybridized carbons (Fsp3) is 0.480. The maximum absolute atomic E-state index is 14.6. The molecule has 3 N–H and O–H groups in total. The number of nitrogens with one attached hydrogen (secondary N) is 3. The van der Waals surface area contributed by atoms with Crippen molar-refractivity contribution >= 4 is 17.3 Å². The molecule has 5 atom stereocenters. The maximum atomic E-state index is 14.6. The molecule has 4 saturated heterocycles. The van der Waals surface area contributed by atoms with E-state index in [2.05, 4.69) is 57.4 Å². The zero-order valence-electron chi connectivity index (χ0n) is 19.1. The lowest BCUT2D eigenvalue weighted by molar-refractivity contribution is -0.121. The van der Waals surface area contributed by atoms with Crippen molar-refractivity contribution in [3.63, 3.8) is 0 Å². The predicted molar refractivity (Wildman–Crippen MR) is 126 cm³/mol. The molecule has 4 aliphatic rings. The van der Waals surface area contributed by atoms with Crippen molar-refractivity contribution in [2.24, 2.45) is 0 Å². The van der Waals surface area contributed by atoms with Crippen molar-refractivity contribution in [3.05, 3.63) is 59.4 Å². The van der Waals surface area contributed by atoms with Gasteiger partial charge in [-0.05, 0) is 56.1 Å². The summed E-state index contributed by atoms with van der Waals surface area (Å²) in [6, 6.07) is 14.8. The molecule has 1 amide bonds. The van der Waals surface area contributed by atoms with Crippen LogP contribution >= 0.6 is 0 Å². The number of nitrogens with zero attached hydrogens (tertiary/aromatic N) is 3. The highest BCUT2D eigenvalue weighted by molar-refractivity contribution is 5.94. The van der Waals surface area contributed by atoms with Gasteiger partial charge in [-0.1, -0.05) is 24.3 Å². The van der Waals surface area contributed by atoms with E-state index in [1.807, 2.05) is 13.0 Å². The summed E-state index contributed by atoms with van der Waals surface area (Å²) in [7, 11) is 2.26. The molecule has 7 nitrogen and oxygen atoms in total. The Balaban J connectivity index is 1.21. The van der Waals surface area contributed by atoms with Gasteiger partial charge in [0, 0.05) is 43.3 Å². The van der Waals surface area contributed by atoms with Crippen LogP contribution in [0.2, 0.25) is 0 Å². The first-order valence-electron chi connectivity index (χ1n) is 11.9. The molecule has 0 spiro atoms. The van der Waals surface area contributed by atoms with Crippen LogP contribution in [0.5, 0.6) is 0 Å². The molecule has 5 unspecified atom stereocenters. The molecular formula is C25H31FN6O. The molecule has 4 fully saturated rings. The molecule has 4 aliphatic heterocycles. The fourth-order valence-corrected chi connectivity index (χ4v) is 6.05. The van der Waals surface area contributed by atoms with Gasteiger partial charge in [0.05, 0.1) is 17.8 Å². The standard InChI is InChI=1S/C25H31FN6O/c1-15-4-3-5-20(26)25(15)32-22(33)12-21-24(29-32)23(28-27-21)16-6-8-17(9-7-16)31-13-18-10-11-19(14-31)30(18)2/h3-9,18-19,21,23-24,27-29H,10-14H2,1-2H3. The lowest BCUT2D eigenvalue weighted by Gasteiger charge is -2.40. The molecule has 2 bridgehead atoms. The summed E-state index contributed by atoms with van der Waals surface area (Å²) in [5.74, 6) is -0.533. The first-order chi connectivity index (χ1) is 16.0. The van der Waals surface area contributed by atoms with Crippen LogP contribution in [-0.2, 0) is 4.79 Å². The number of piperazine rings is 1. The Hall–Kier alpha value is -2.52. The van der Waals surface area contributed by atoms with Crippen LogP contribution in [0.25, 0.3) is 0 Å². The predicted octanol–water partition coefficient (Wildman–Crippen LogP) is 2.24. The minimum Gasteiger partial charge on any atom is -0.368 e. The van der Waals surface area contributed by atoms with Crippen molar-refractivity contribution in [3.8, 4) is 0 Å². The first kappa shape index (κ1) is 21.0. The summed E-state index contributed by atoms with van der Waals surface area (Å²) in [6.07, 6.45) is 2.88. The number of para-hydroxylation sites is 1. The summed E-state index contributed by atoms with van der Waals surface area (Å²) >= 11 is 0. The second kappa shape index (κ2) is 8.06. The number of anilines is 2. The van der Waals surface area contributed by atoms with E-state index in [4.69, 9.17) is 0 Å². The summed E-state index contributed by atoms with van der Waals surface area (Å²) in [5, 5.41) is 1.40. The monoisotopic (exact) mass is 450 g/mol. The van der Waals surface area contributed by atoms with Crippen LogP contribution in [0.15, 0.2) is 42.5 Å². The zero-order chi connectivity index (χ0) is 22.7. The summed E-state index contributed by atoms with van der Waals surface area (Å²) in [5.41, 5.74) is 13.4. The van der Waals surface area contributed by atoms with Crippen LogP contribution in [0.1, 0.15) is 36.4 Å². The van der Waals surface area contributed by atoms with Gasteiger partial charge >= 0.3 is 0 Å². The van der Waals surface area contributed by atoms with Crippen molar-refractivity contribution in [1.29, 1.82) is 0 Å². The summed E-state index contributed by atoms with van der Waals surface area (Å²) in [6.45, 7) is 3.99. The fourth-order valence-electron chi connectivity index (χ4n) is 6.05. The van der Waals surface area contributed by atoms with Crippen molar-refractivity contribution < 1.29 is 9.18 Å². The molecule has 0 aliphatic carbocycles. The third kappa shape index (κ3) is 3.52. The molecule has 8 heteroatoms. The van der Waals surface area contributed by atoms with Gasteiger partial charge in [0.25, 0.3) is 0 Å². The van der Waals surface area contributed by atoms with E-state index >= 15 is 0 Å². The number of amides is 1. The van der Waals surface area contributed by atoms with E-state index in [1.165, 1.54) is 29.6 Å². The van der Waals surface area contributed by atoms with Crippen LogP contribution in [0.3, 0.4) is 0 Å². The molecule has 0 saturated carbocycles. The van der Waals surface area contributed by atoms with Crippen LogP contribution in [-0.4, -0.2) is 55.1 Å². The number of carbonyl (C=O) groups is 1. The zero-order valence-corrected chi connectivity index (χ0v) is 19.1. The van der Waals surface area contributed by atoms with Crippen molar-refractivity contribution in [2.75, 3.05) is 30.0 Å². The van der Waals surface area contributed by atoms with Gasteiger partial charge in [0.1, 0.15) is 5.82 Å². The Labute approximate surface area is 193 Å². The third-order valence-electron chi connectivity index (χ3n) is 8.02. The number of halogens is 1. The number of carbonyl (C=O) groups excluding carboxylic acids is 1. The Morgan fingerprint density at radius 2 is 1.73 bits per heavy atom. The summed E-state index contributed by atoms with van der Waals surface area (Å²) < 4.78 is 14.6. The van der Waals surface area contributed by atoms with Crippen LogP contribution < -0.4 is 26.2 Å². The Morgan fingerprint density at radius 3 is 2.42 bits per heavy atom. The highest BCUT2D eigenvalue weighted by atomic mass is 19.1. The summed E-state index contributed by atoms with van der Waals surface area (Å²) in [4.78, 5) is 17.9. The number of hydrogen-bond donors (Lipinski definition) is 3. The smallest absolute Gasteiger partial charge is 0.243 e. The van der Waals surface area contributed by atoms with Gasteiger partial charge in [-0.3, -0.25) is 15.1 Å². The molecule has 6 rings (SSSR count). The number of rotatable bonds is 3. The number of aryl methyl sites for hydroxylation is 1. The Kier molecular flexibility index (Phi) is 5.14. The molecule has 2 aromatic carbocycles. The number of hydrazine groups is 2. The van der Waals surface area contributed by atoms with E-state index in [-0.39, 0.29) is 24.0 Å². The van der Waals surface area contributed by atoms with E-state index in [1.54, 1.807) is 6.07 Å². The van der Waals surface area contributed by atoms with Crippen LogP contribution in [0.4, 0.5) is 15.8 Å². The van der Waals surface area contributed by atoms with Gasteiger partial charge < -0.3 is 4.90 Å². The molecule has 174 valence electrons. The van der Waals surface area contributed by atoms with Crippen LogP contribution in [0, 0.1) is 12.7 Å². The molecule has 0 aromatic heterocycles. The Morgan fingerprint density at radius 1 is 1.00 bits per heavy atom. The first-order valence-corrected chi connectivity index (χ1v) is 11.9. The quantitative estimate of drug-likeness (QED) is 0.667. The molecule has 0 radical (unpaired) electrons. The van der Waals surface area contributed by atoms with Crippen molar-refractivity contribution in [2.45, 2.75) is 56.4 Å². The van der Waals surface area contributed by atoms with Gasteiger partial charge in [-0.2, -0.15) is 0 Å². The minimum atomic E-state index is -0.393.